The number of nitrogen functional groups attached to an aromatic ring is 1. The van der Waals surface area contributed by atoms with Crippen LogP contribution < -0.4 is 17.0 Å². The van der Waals surface area contributed by atoms with Crippen LogP contribution in [-0.4, -0.2) is 9.13 Å². The fraction of sp³-hybridized carbons (Fsp3) is 0.429. The zero-order valence-electron chi connectivity index (χ0n) is 7.07. The molecule has 0 aliphatic carbocycles. The van der Waals surface area contributed by atoms with Gasteiger partial charge in [-0.25, -0.2) is 4.79 Å². The fourth-order valence-electron chi connectivity index (χ4n) is 0.978. The van der Waals surface area contributed by atoms with Crippen molar-refractivity contribution in [1.29, 1.82) is 0 Å². The largest absolute Gasteiger partial charge is 0.393 e. The molecule has 0 bridgehead atoms. The standard InChI is InChI=1S/C7H11N3O2/c1-3-10-4-5(8)6(11)9(2)7(10)12/h4H,3,8H2,1-2H3. The van der Waals surface area contributed by atoms with E-state index in [-0.39, 0.29) is 11.4 Å². The lowest BCUT2D eigenvalue weighted by Crippen LogP contribution is -2.38. The van der Waals surface area contributed by atoms with E-state index in [1.165, 1.54) is 17.8 Å². The van der Waals surface area contributed by atoms with E-state index in [4.69, 9.17) is 5.73 Å². The molecule has 0 amide bonds. The van der Waals surface area contributed by atoms with Gasteiger partial charge in [-0.2, -0.15) is 0 Å². The molecule has 5 nitrogen and oxygen atoms in total. The van der Waals surface area contributed by atoms with Crippen LogP contribution in [0, 0.1) is 0 Å². The molecule has 0 aliphatic rings. The Bertz CT molecular complexity index is 402. The first-order chi connectivity index (χ1) is 5.57. The highest BCUT2D eigenvalue weighted by Gasteiger charge is 2.03. The molecule has 0 saturated heterocycles. The van der Waals surface area contributed by atoms with E-state index in [2.05, 4.69) is 0 Å². The van der Waals surface area contributed by atoms with Crippen LogP contribution in [0.25, 0.3) is 0 Å². The molecule has 66 valence electrons. The molecule has 0 spiro atoms. The van der Waals surface area contributed by atoms with Crippen molar-refractivity contribution in [2.45, 2.75) is 13.5 Å². The van der Waals surface area contributed by atoms with Gasteiger partial charge >= 0.3 is 5.69 Å². The fourth-order valence-corrected chi connectivity index (χ4v) is 0.978. The second-order valence-corrected chi connectivity index (χ2v) is 2.52. The molecule has 1 heterocycles. The number of rotatable bonds is 1. The maximum Gasteiger partial charge on any atom is 0.330 e. The van der Waals surface area contributed by atoms with Crippen LogP contribution in [-0.2, 0) is 13.6 Å². The Morgan fingerprint density at radius 2 is 2.08 bits per heavy atom. The van der Waals surface area contributed by atoms with E-state index in [0.717, 1.165) is 4.57 Å². The topological polar surface area (TPSA) is 70.0 Å². The van der Waals surface area contributed by atoms with Crippen molar-refractivity contribution in [2.75, 3.05) is 5.73 Å². The summed E-state index contributed by atoms with van der Waals surface area (Å²) in [5.74, 6) is 0. The quantitative estimate of drug-likeness (QED) is 0.595. The minimum Gasteiger partial charge on any atom is -0.393 e. The first-order valence-corrected chi connectivity index (χ1v) is 3.64. The van der Waals surface area contributed by atoms with Crippen LogP contribution in [0.3, 0.4) is 0 Å². The van der Waals surface area contributed by atoms with Gasteiger partial charge in [0.25, 0.3) is 5.56 Å². The number of aromatic nitrogens is 2. The monoisotopic (exact) mass is 169 g/mol. The van der Waals surface area contributed by atoms with Crippen LogP contribution in [0.1, 0.15) is 6.92 Å². The Labute approximate surface area is 69.0 Å². The molecule has 0 saturated carbocycles. The number of hydrogen-bond acceptors (Lipinski definition) is 3. The average molecular weight is 169 g/mol. The predicted molar refractivity (Wildman–Crippen MR) is 46.0 cm³/mol. The smallest absolute Gasteiger partial charge is 0.330 e. The van der Waals surface area contributed by atoms with Crippen molar-refractivity contribution in [2.24, 2.45) is 7.05 Å². The summed E-state index contributed by atoms with van der Waals surface area (Å²) in [5.41, 5.74) is 4.69. The normalized spacial score (nSPS) is 10.2. The molecule has 0 atom stereocenters. The number of nitrogens with zero attached hydrogens (tertiary/aromatic N) is 2. The summed E-state index contributed by atoms with van der Waals surface area (Å²) in [5, 5.41) is 0. The maximum atomic E-state index is 11.2. The summed E-state index contributed by atoms with van der Waals surface area (Å²) in [6.07, 6.45) is 1.37. The van der Waals surface area contributed by atoms with Crippen molar-refractivity contribution < 1.29 is 0 Å². The zero-order valence-corrected chi connectivity index (χ0v) is 7.07. The SMILES string of the molecule is CCn1cc(N)c(=O)n(C)c1=O. The highest BCUT2D eigenvalue weighted by Crippen LogP contribution is 1.87. The Morgan fingerprint density at radius 3 is 2.58 bits per heavy atom. The molecule has 12 heavy (non-hydrogen) atoms. The Kier molecular flexibility index (Phi) is 2.03. The van der Waals surface area contributed by atoms with Crippen LogP contribution in [0.4, 0.5) is 5.69 Å². The van der Waals surface area contributed by atoms with Gasteiger partial charge in [0, 0.05) is 19.8 Å². The summed E-state index contributed by atoms with van der Waals surface area (Å²) in [6.45, 7) is 2.32. The number of anilines is 1. The third-order valence-electron chi connectivity index (χ3n) is 1.72. The Morgan fingerprint density at radius 1 is 1.50 bits per heavy atom. The minimum absolute atomic E-state index is 0.0963. The maximum absolute atomic E-state index is 11.2. The summed E-state index contributed by atoms with van der Waals surface area (Å²) in [6, 6.07) is 0. The average Bonchev–Trinajstić information content (AvgIpc) is 2.08. The van der Waals surface area contributed by atoms with E-state index in [0.29, 0.717) is 6.54 Å². The molecule has 1 aromatic rings. The highest BCUT2D eigenvalue weighted by molar-refractivity contribution is 5.30. The molecule has 0 fully saturated rings. The highest BCUT2D eigenvalue weighted by atomic mass is 16.2. The second-order valence-electron chi connectivity index (χ2n) is 2.52. The van der Waals surface area contributed by atoms with E-state index in [9.17, 15) is 9.59 Å². The minimum atomic E-state index is -0.440. The summed E-state index contributed by atoms with van der Waals surface area (Å²) >= 11 is 0. The molecule has 0 unspecified atom stereocenters. The van der Waals surface area contributed by atoms with Crippen LogP contribution >= 0.6 is 0 Å². The predicted octanol–water partition coefficient (Wildman–Crippen LogP) is -0.851. The summed E-state index contributed by atoms with van der Waals surface area (Å²) in [7, 11) is 1.41. The number of nitrogens with two attached hydrogens (primary N) is 1. The summed E-state index contributed by atoms with van der Waals surface area (Å²) in [4.78, 5) is 22.3. The van der Waals surface area contributed by atoms with Gasteiger partial charge in [0.1, 0.15) is 5.69 Å². The van der Waals surface area contributed by atoms with Crippen molar-refractivity contribution in [3.63, 3.8) is 0 Å². The first-order valence-electron chi connectivity index (χ1n) is 3.64. The summed E-state index contributed by atoms with van der Waals surface area (Å²) < 4.78 is 2.38. The zero-order chi connectivity index (χ0) is 9.30. The van der Waals surface area contributed by atoms with Gasteiger partial charge in [-0.1, -0.05) is 0 Å². The van der Waals surface area contributed by atoms with Crippen LogP contribution in [0.5, 0.6) is 0 Å². The van der Waals surface area contributed by atoms with Gasteiger partial charge in [0.05, 0.1) is 0 Å². The molecule has 0 aromatic carbocycles. The molecule has 2 N–H and O–H groups in total. The van der Waals surface area contributed by atoms with Gasteiger partial charge in [-0.05, 0) is 6.92 Å². The number of aryl methyl sites for hydroxylation is 1. The van der Waals surface area contributed by atoms with Gasteiger partial charge in [-0.3, -0.25) is 13.9 Å². The van der Waals surface area contributed by atoms with E-state index < -0.39 is 5.56 Å². The van der Waals surface area contributed by atoms with E-state index >= 15 is 0 Å². The van der Waals surface area contributed by atoms with Crippen molar-refractivity contribution in [3.8, 4) is 0 Å². The molecule has 0 aliphatic heterocycles. The molecule has 1 aromatic heterocycles. The number of hydrogen-bond donors (Lipinski definition) is 1. The van der Waals surface area contributed by atoms with Crippen molar-refractivity contribution in [3.05, 3.63) is 27.0 Å². The van der Waals surface area contributed by atoms with Gasteiger partial charge in [-0.15, -0.1) is 0 Å². The first kappa shape index (κ1) is 8.58. The van der Waals surface area contributed by atoms with Gasteiger partial charge < -0.3 is 5.73 Å². The van der Waals surface area contributed by atoms with Crippen molar-refractivity contribution >= 4 is 5.69 Å². The Hall–Kier alpha value is -1.52. The van der Waals surface area contributed by atoms with Gasteiger partial charge in [0.15, 0.2) is 0 Å². The lowest BCUT2D eigenvalue weighted by Gasteiger charge is -2.04. The van der Waals surface area contributed by atoms with E-state index in [1.54, 1.807) is 0 Å². The lowest BCUT2D eigenvalue weighted by atomic mass is 10.5. The molecule has 5 heteroatoms. The third-order valence-corrected chi connectivity index (χ3v) is 1.72. The second kappa shape index (κ2) is 2.84. The molecular weight excluding hydrogens is 158 g/mol. The molecule has 0 radical (unpaired) electrons. The lowest BCUT2D eigenvalue weighted by molar-refractivity contribution is 0.632. The third kappa shape index (κ3) is 1.13. The molecular formula is C7H11N3O2. The van der Waals surface area contributed by atoms with E-state index in [1.807, 2.05) is 6.92 Å². The van der Waals surface area contributed by atoms with Crippen LogP contribution in [0.2, 0.25) is 0 Å². The van der Waals surface area contributed by atoms with Crippen molar-refractivity contribution in [1.82, 2.24) is 9.13 Å². The molecule has 1 rings (SSSR count). The Balaban J connectivity index is 3.61. The van der Waals surface area contributed by atoms with Gasteiger partial charge in [0.2, 0.25) is 0 Å². The van der Waals surface area contributed by atoms with Crippen LogP contribution in [0.15, 0.2) is 15.8 Å².